The average molecular weight is 534 g/mol. The topological polar surface area (TPSA) is 83.4 Å². The van der Waals surface area contributed by atoms with Crippen molar-refractivity contribution in [1.82, 2.24) is 10.3 Å². The average Bonchev–Trinajstić information content (AvgIpc) is 3.36. The van der Waals surface area contributed by atoms with Gasteiger partial charge in [-0.05, 0) is 61.1 Å². The molecule has 1 aromatic heterocycles. The van der Waals surface area contributed by atoms with Crippen molar-refractivity contribution in [2.45, 2.75) is 19.8 Å². The Morgan fingerprint density at radius 2 is 1.60 bits per heavy atom. The lowest BCUT2D eigenvalue weighted by Gasteiger charge is -2.15. The second kappa shape index (κ2) is 10.2. The molecule has 0 unspecified atom stereocenters. The molecule has 0 saturated carbocycles. The summed E-state index contributed by atoms with van der Waals surface area (Å²) in [6.07, 6.45) is 0. The third kappa shape index (κ3) is 5.03. The first-order valence-electron chi connectivity index (χ1n) is 10.9. The van der Waals surface area contributed by atoms with Gasteiger partial charge in [0.15, 0.2) is 11.6 Å². The van der Waals surface area contributed by atoms with Crippen LogP contribution in [0.3, 0.4) is 0 Å². The first-order valence-corrected chi connectivity index (χ1v) is 11.7. The predicted molar refractivity (Wildman–Crippen MR) is 134 cm³/mol. The molecule has 0 aliphatic heterocycles. The molecule has 0 aliphatic rings. The molecule has 0 radical (unpaired) electrons. The summed E-state index contributed by atoms with van der Waals surface area (Å²) in [6.45, 7) is 0.546. The second-order valence-electron chi connectivity index (χ2n) is 7.90. The van der Waals surface area contributed by atoms with Crippen LogP contribution in [-0.2, 0) is 19.8 Å². The number of nitrogens with two attached hydrogens (primary N) is 1. The summed E-state index contributed by atoms with van der Waals surface area (Å²) in [5, 5.41) is 7.64. The Kier molecular flexibility index (Phi) is 6.74. The second-order valence-corrected chi connectivity index (χ2v) is 8.70. The molecule has 35 heavy (non-hydrogen) atoms. The van der Waals surface area contributed by atoms with Gasteiger partial charge in [0, 0.05) is 28.2 Å². The van der Waals surface area contributed by atoms with E-state index in [1.807, 2.05) is 60.7 Å². The molecular formula is C27H21BrFN3O3. The molecule has 1 heterocycles. The van der Waals surface area contributed by atoms with Crippen LogP contribution in [0.25, 0.3) is 22.2 Å². The van der Waals surface area contributed by atoms with Gasteiger partial charge in [0.05, 0.1) is 0 Å². The minimum atomic E-state index is -0.497. The number of hydrogen-bond acceptors (Lipinski definition) is 6. The number of nitrogens with zero attached hydrogens (tertiary/aromatic N) is 2. The highest BCUT2D eigenvalue weighted by atomic mass is 79.9. The van der Waals surface area contributed by atoms with Crippen LogP contribution in [0.2, 0.25) is 0 Å². The van der Waals surface area contributed by atoms with Gasteiger partial charge < -0.3 is 15.2 Å². The van der Waals surface area contributed by atoms with Gasteiger partial charge in [-0.15, -0.1) is 0 Å². The zero-order valence-corrected chi connectivity index (χ0v) is 20.2. The SMILES string of the molecule is NCc1cc(F)c(OCc2cccc(-c3ccccc3)c2Br)cc1OCc1ccc2nonc2c1. The van der Waals surface area contributed by atoms with Crippen LogP contribution >= 0.6 is 15.9 Å². The number of fused-ring (bicyclic) bond motifs is 1. The Balaban J connectivity index is 1.34. The molecule has 0 saturated heterocycles. The van der Waals surface area contributed by atoms with Crippen LogP contribution < -0.4 is 15.2 Å². The smallest absolute Gasteiger partial charge is 0.165 e. The van der Waals surface area contributed by atoms with E-state index in [9.17, 15) is 4.39 Å². The van der Waals surface area contributed by atoms with Gasteiger partial charge in [0.1, 0.15) is 30.0 Å². The molecule has 0 atom stereocenters. The molecule has 2 N–H and O–H groups in total. The third-order valence-corrected chi connectivity index (χ3v) is 6.53. The molecule has 6 nitrogen and oxygen atoms in total. The highest BCUT2D eigenvalue weighted by molar-refractivity contribution is 9.10. The lowest BCUT2D eigenvalue weighted by atomic mass is 10.0. The summed E-state index contributed by atoms with van der Waals surface area (Å²) in [6, 6.07) is 24.3. The van der Waals surface area contributed by atoms with Crippen LogP contribution in [-0.4, -0.2) is 10.3 Å². The molecule has 4 aromatic carbocycles. The van der Waals surface area contributed by atoms with Gasteiger partial charge in [-0.1, -0.05) is 54.6 Å². The summed E-state index contributed by atoms with van der Waals surface area (Å²) >= 11 is 3.68. The molecule has 8 heteroatoms. The Morgan fingerprint density at radius 3 is 2.43 bits per heavy atom. The normalized spacial score (nSPS) is 11.1. The van der Waals surface area contributed by atoms with E-state index in [2.05, 4.69) is 26.2 Å². The van der Waals surface area contributed by atoms with Crippen LogP contribution in [0.15, 0.2) is 88.0 Å². The predicted octanol–water partition coefficient (Wildman–Crippen LogP) is 6.41. The zero-order chi connectivity index (χ0) is 24.2. The molecule has 0 aliphatic carbocycles. The van der Waals surface area contributed by atoms with Gasteiger partial charge >= 0.3 is 0 Å². The first kappa shape index (κ1) is 23.0. The fourth-order valence-corrected chi connectivity index (χ4v) is 4.35. The zero-order valence-electron chi connectivity index (χ0n) is 18.6. The lowest BCUT2D eigenvalue weighted by molar-refractivity contribution is 0.276. The quantitative estimate of drug-likeness (QED) is 0.248. The maximum atomic E-state index is 14.8. The van der Waals surface area contributed by atoms with Gasteiger partial charge in [0.2, 0.25) is 0 Å². The van der Waals surface area contributed by atoms with E-state index in [-0.39, 0.29) is 25.5 Å². The minimum Gasteiger partial charge on any atom is -0.488 e. The van der Waals surface area contributed by atoms with E-state index in [1.165, 1.54) is 6.07 Å². The van der Waals surface area contributed by atoms with Crippen molar-refractivity contribution in [2.24, 2.45) is 5.73 Å². The van der Waals surface area contributed by atoms with E-state index < -0.39 is 5.82 Å². The maximum absolute atomic E-state index is 14.8. The summed E-state index contributed by atoms with van der Waals surface area (Å²) in [4.78, 5) is 0. The van der Waals surface area contributed by atoms with E-state index in [0.717, 1.165) is 26.7 Å². The van der Waals surface area contributed by atoms with Crippen molar-refractivity contribution >= 4 is 27.0 Å². The standard InChI is InChI=1S/C27H21BrFN3O3/c28-27-19(7-4-8-21(27)18-5-2-1-3-6-18)16-34-26-13-25(20(14-30)12-22(26)29)33-15-17-9-10-23-24(11-17)32-35-31-23/h1-13H,14-16,30H2. The molecule has 5 rings (SSSR count). The summed E-state index contributed by atoms with van der Waals surface area (Å²) in [5.41, 5.74) is 11.6. The number of aromatic nitrogens is 2. The van der Waals surface area contributed by atoms with Crippen molar-refractivity contribution in [3.8, 4) is 22.6 Å². The van der Waals surface area contributed by atoms with Crippen LogP contribution in [0.1, 0.15) is 16.7 Å². The molecule has 0 amide bonds. The summed E-state index contributed by atoms with van der Waals surface area (Å²) in [5.74, 6) is 0.0490. The van der Waals surface area contributed by atoms with Crippen LogP contribution in [0, 0.1) is 5.82 Å². The Hall–Kier alpha value is -3.75. The highest BCUT2D eigenvalue weighted by Crippen LogP contribution is 2.33. The summed E-state index contributed by atoms with van der Waals surface area (Å²) in [7, 11) is 0. The van der Waals surface area contributed by atoms with E-state index in [4.69, 9.17) is 19.8 Å². The largest absolute Gasteiger partial charge is 0.488 e. The minimum absolute atomic E-state index is 0.0883. The Morgan fingerprint density at radius 1 is 0.800 bits per heavy atom. The molecular weight excluding hydrogens is 513 g/mol. The highest BCUT2D eigenvalue weighted by Gasteiger charge is 2.14. The molecule has 0 bridgehead atoms. The number of ether oxygens (including phenoxy) is 2. The van der Waals surface area contributed by atoms with Gasteiger partial charge in [-0.2, -0.15) is 0 Å². The van der Waals surface area contributed by atoms with Crippen LogP contribution in [0.5, 0.6) is 11.5 Å². The lowest BCUT2D eigenvalue weighted by Crippen LogP contribution is -2.06. The monoisotopic (exact) mass is 533 g/mol. The third-order valence-electron chi connectivity index (χ3n) is 5.59. The van der Waals surface area contributed by atoms with Crippen molar-refractivity contribution in [3.05, 3.63) is 106 Å². The summed E-state index contributed by atoms with van der Waals surface area (Å²) < 4.78 is 32.3. The van der Waals surface area contributed by atoms with Crippen LogP contribution in [0.4, 0.5) is 4.39 Å². The molecule has 5 aromatic rings. The van der Waals surface area contributed by atoms with E-state index in [1.54, 1.807) is 12.1 Å². The molecule has 0 fully saturated rings. The molecule has 0 spiro atoms. The Bertz CT molecular complexity index is 1470. The number of benzene rings is 4. The van der Waals surface area contributed by atoms with Gasteiger partial charge in [-0.3, -0.25) is 0 Å². The van der Waals surface area contributed by atoms with Crippen molar-refractivity contribution in [2.75, 3.05) is 0 Å². The number of rotatable bonds is 8. The maximum Gasteiger partial charge on any atom is 0.165 e. The number of hydrogen-bond donors (Lipinski definition) is 1. The van der Waals surface area contributed by atoms with Gasteiger partial charge in [-0.25, -0.2) is 9.02 Å². The first-order chi connectivity index (χ1) is 17.1. The number of halogens is 2. The fourth-order valence-electron chi connectivity index (χ4n) is 3.75. The van der Waals surface area contributed by atoms with E-state index in [0.29, 0.717) is 22.3 Å². The van der Waals surface area contributed by atoms with Crippen molar-refractivity contribution < 1.29 is 18.5 Å². The van der Waals surface area contributed by atoms with Crippen molar-refractivity contribution in [1.29, 1.82) is 0 Å². The Labute approximate surface area is 209 Å². The van der Waals surface area contributed by atoms with Crippen molar-refractivity contribution in [3.63, 3.8) is 0 Å². The molecule has 176 valence electrons. The van der Waals surface area contributed by atoms with E-state index >= 15 is 0 Å². The fraction of sp³-hybridized carbons (Fsp3) is 0.111. The van der Waals surface area contributed by atoms with Gasteiger partial charge in [0.25, 0.3) is 0 Å².